The highest BCUT2D eigenvalue weighted by molar-refractivity contribution is 6.00. The van der Waals surface area contributed by atoms with Crippen LogP contribution < -0.4 is 5.32 Å². The molecule has 0 spiro atoms. The van der Waals surface area contributed by atoms with Crippen LogP contribution >= 0.6 is 0 Å². The third kappa shape index (κ3) is 4.88. The SMILES string of the molecule is CCN(C)C=Nc1cc(C)c(C(=O)CNc2ccc(F)cc2F)cc1C. The third-order valence-electron chi connectivity index (χ3n) is 4.11. The van der Waals surface area contributed by atoms with Gasteiger partial charge < -0.3 is 10.2 Å². The van der Waals surface area contributed by atoms with Crippen LogP contribution in [0.15, 0.2) is 35.3 Å². The van der Waals surface area contributed by atoms with Gasteiger partial charge in [0, 0.05) is 25.2 Å². The van der Waals surface area contributed by atoms with Crippen LogP contribution in [0.2, 0.25) is 0 Å². The maximum Gasteiger partial charge on any atom is 0.182 e. The molecule has 2 rings (SSSR count). The number of anilines is 1. The number of benzene rings is 2. The lowest BCUT2D eigenvalue weighted by molar-refractivity contribution is 0.101. The van der Waals surface area contributed by atoms with Gasteiger partial charge in [0.1, 0.15) is 11.6 Å². The predicted octanol–water partition coefficient (Wildman–Crippen LogP) is 4.49. The van der Waals surface area contributed by atoms with E-state index in [1.807, 2.05) is 38.8 Å². The summed E-state index contributed by atoms with van der Waals surface area (Å²) in [6.45, 7) is 6.53. The van der Waals surface area contributed by atoms with Crippen molar-refractivity contribution in [1.29, 1.82) is 0 Å². The van der Waals surface area contributed by atoms with E-state index in [1.54, 1.807) is 12.4 Å². The highest BCUT2D eigenvalue weighted by Crippen LogP contribution is 2.24. The summed E-state index contributed by atoms with van der Waals surface area (Å²) in [5.74, 6) is -1.55. The summed E-state index contributed by atoms with van der Waals surface area (Å²) >= 11 is 0. The largest absolute Gasteiger partial charge is 0.375 e. The average Bonchev–Trinajstić information content (AvgIpc) is 2.60. The van der Waals surface area contributed by atoms with Crippen molar-refractivity contribution >= 4 is 23.5 Å². The van der Waals surface area contributed by atoms with Crippen LogP contribution in [0.3, 0.4) is 0 Å². The van der Waals surface area contributed by atoms with Crippen molar-refractivity contribution < 1.29 is 13.6 Å². The summed E-state index contributed by atoms with van der Waals surface area (Å²) in [6, 6.07) is 6.85. The smallest absolute Gasteiger partial charge is 0.182 e. The predicted molar refractivity (Wildman–Crippen MR) is 102 cm³/mol. The molecule has 26 heavy (non-hydrogen) atoms. The van der Waals surface area contributed by atoms with Gasteiger partial charge in [-0.25, -0.2) is 13.8 Å². The summed E-state index contributed by atoms with van der Waals surface area (Å²) < 4.78 is 26.6. The topological polar surface area (TPSA) is 44.7 Å². The average molecular weight is 359 g/mol. The Labute approximate surface area is 152 Å². The van der Waals surface area contributed by atoms with Crippen LogP contribution in [-0.2, 0) is 0 Å². The zero-order valence-corrected chi connectivity index (χ0v) is 15.4. The molecule has 0 aliphatic carbocycles. The standard InChI is InChI=1S/C20H23F2N3O/c1-5-25(4)12-24-19-9-13(2)16(8-14(19)3)20(26)11-23-18-7-6-15(21)10-17(18)22/h6-10,12,23H,5,11H2,1-4H3. The zero-order chi connectivity index (χ0) is 19.3. The number of nitrogens with zero attached hydrogens (tertiary/aromatic N) is 2. The molecule has 138 valence electrons. The van der Waals surface area contributed by atoms with Crippen LogP contribution in [0.25, 0.3) is 0 Å². The molecule has 0 aliphatic heterocycles. The summed E-state index contributed by atoms with van der Waals surface area (Å²) in [6.07, 6.45) is 1.75. The lowest BCUT2D eigenvalue weighted by atomic mass is 10.0. The molecular formula is C20H23F2N3O. The number of aryl methyl sites for hydroxylation is 2. The molecule has 0 fully saturated rings. The number of Topliss-reactive ketones (excluding diaryl/α,β-unsaturated/α-hetero) is 1. The molecule has 0 unspecified atom stereocenters. The van der Waals surface area contributed by atoms with Crippen molar-refractivity contribution in [3.05, 3.63) is 58.7 Å². The Kier molecular flexibility index (Phi) is 6.44. The molecule has 1 N–H and O–H groups in total. The maximum atomic E-state index is 13.6. The molecule has 2 aromatic rings. The molecule has 4 nitrogen and oxygen atoms in total. The minimum absolute atomic E-state index is 0.0793. The molecule has 6 heteroatoms. The lowest BCUT2D eigenvalue weighted by Gasteiger charge is -2.12. The number of ketones is 1. The Morgan fingerprint density at radius 1 is 1.19 bits per heavy atom. The van der Waals surface area contributed by atoms with E-state index in [-0.39, 0.29) is 18.0 Å². The van der Waals surface area contributed by atoms with Crippen LogP contribution in [0.5, 0.6) is 0 Å². The normalized spacial score (nSPS) is 11.0. The van der Waals surface area contributed by atoms with E-state index in [2.05, 4.69) is 10.3 Å². The number of nitrogens with one attached hydrogen (secondary N) is 1. The number of hydrogen-bond donors (Lipinski definition) is 1. The van der Waals surface area contributed by atoms with Gasteiger partial charge in [0.15, 0.2) is 5.78 Å². The monoisotopic (exact) mass is 359 g/mol. The van der Waals surface area contributed by atoms with Crippen molar-refractivity contribution in [1.82, 2.24) is 4.90 Å². The van der Waals surface area contributed by atoms with Gasteiger partial charge in [0.2, 0.25) is 0 Å². The van der Waals surface area contributed by atoms with E-state index in [0.29, 0.717) is 5.56 Å². The van der Waals surface area contributed by atoms with E-state index < -0.39 is 11.6 Å². The van der Waals surface area contributed by atoms with Gasteiger partial charge in [-0.15, -0.1) is 0 Å². The second-order valence-corrected chi connectivity index (χ2v) is 6.17. The summed E-state index contributed by atoms with van der Waals surface area (Å²) in [5, 5.41) is 2.72. The van der Waals surface area contributed by atoms with Gasteiger partial charge in [-0.05, 0) is 56.2 Å². The van der Waals surface area contributed by atoms with E-state index in [0.717, 1.165) is 35.5 Å². The van der Waals surface area contributed by atoms with Gasteiger partial charge in [0.05, 0.1) is 24.3 Å². The highest BCUT2D eigenvalue weighted by atomic mass is 19.1. The zero-order valence-electron chi connectivity index (χ0n) is 15.4. The molecule has 0 atom stereocenters. The number of carbonyl (C=O) groups is 1. The Hall–Kier alpha value is -2.76. The van der Waals surface area contributed by atoms with Crippen LogP contribution in [0, 0.1) is 25.5 Å². The fourth-order valence-corrected chi connectivity index (χ4v) is 2.39. The fraction of sp³-hybridized carbons (Fsp3) is 0.300. The van der Waals surface area contributed by atoms with Gasteiger partial charge in [-0.2, -0.15) is 0 Å². The molecule has 0 heterocycles. The molecular weight excluding hydrogens is 336 g/mol. The first-order valence-electron chi connectivity index (χ1n) is 8.39. The molecule has 2 aromatic carbocycles. The minimum atomic E-state index is -0.726. The van der Waals surface area contributed by atoms with E-state index in [1.165, 1.54) is 6.07 Å². The van der Waals surface area contributed by atoms with E-state index in [9.17, 15) is 13.6 Å². The number of rotatable bonds is 7. The van der Waals surface area contributed by atoms with E-state index >= 15 is 0 Å². The van der Waals surface area contributed by atoms with Crippen LogP contribution in [0.1, 0.15) is 28.4 Å². The highest BCUT2D eigenvalue weighted by Gasteiger charge is 2.13. The maximum absolute atomic E-state index is 13.6. The van der Waals surface area contributed by atoms with Crippen LogP contribution in [-0.4, -0.2) is 37.2 Å². The van der Waals surface area contributed by atoms with Crippen molar-refractivity contribution in [3.63, 3.8) is 0 Å². The summed E-state index contributed by atoms with van der Waals surface area (Å²) in [4.78, 5) is 18.9. The molecule has 0 radical (unpaired) electrons. The Morgan fingerprint density at radius 2 is 1.92 bits per heavy atom. The van der Waals surface area contributed by atoms with Crippen molar-refractivity contribution in [3.8, 4) is 0 Å². The quantitative estimate of drug-likeness (QED) is 0.450. The van der Waals surface area contributed by atoms with Crippen molar-refractivity contribution in [2.24, 2.45) is 4.99 Å². The van der Waals surface area contributed by atoms with Crippen LogP contribution in [0.4, 0.5) is 20.2 Å². The second kappa shape index (κ2) is 8.56. The Balaban J connectivity index is 2.13. The number of aliphatic imine (C=N–C) groups is 1. The minimum Gasteiger partial charge on any atom is -0.375 e. The van der Waals surface area contributed by atoms with Gasteiger partial charge in [-0.3, -0.25) is 4.79 Å². The van der Waals surface area contributed by atoms with Crippen molar-refractivity contribution in [2.45, 2.75) is 20.8 Å². The molecule has 0 aliphatic rings. The molecule has 0 amide bonds. The number of halogens is 2. The molecule has 0 saturated carbocycles. The molecule has 0 saturated heterocycles. The van der Waals surface area contributed by atoms with E-state index in [4.69, 9.17) is 0 Å². The first kappa shape index (κ1) is 19.6. The Morgan fingerprint density at radius 3 is 2.58 bits per heavy atom. The lowest BCUT2D eigenvalue weighted by Crippen LogP contribution is -2.16. The second-order valence-electron chi connectivity index (χ2n) is 6.17. The molecule has 0 bridgehead atoms. The summed E-state index contributed by atoms with van der Waals surface area (Å²) in [5.41, 5.74) is 3.14. The van der Waals surface area contributed by atoms with Crippen molar-refractivity contribution in [2.75, 3.05) is 25.5 Å². The fourth-order valence-electron chi connectivity index (χ4n) is 2.39. The first-order valence-corrected chi connectivity index (χ1v) is 8.39. The third-order valence-corrected chi connectivity index (χ3v) is 4.11. The van der Waals surface area contributed by atoms with Gasteiger partial charge in [-0.1, -0.05) is 0 Å². The van der Waals surface area contributed by atoms with Gasteiger partial charge in [0.25, 0.3) is 0 Å². The first-order chi connectivity index (χ1) is 12.3. The number of hydrogen-bond acceptors (Lipinski definition) is 3. The van der Waals surface area contributed by atoms with Gasteiger partial charge >= 0.3 is 0 Å². The Bertz CT molecular complexity index is 834. The molecule has 0 aromatic heterocycles. The number of carbonyl (C=O) groups excluding carboxylic acids is 1. The summed E-state index contributed by atoms with van der Waals surface area (Å²) in [7, 11) is 1.93.